The lowest BCUT2D eigenvalue weighted by molar-refractivity contribution is 0.393. The van der Waals surface area contributed by atoms with Crippen molar-refractivity contribution in [1.82, 2.24) is 9.55 Å². The largest absolute Gasteiger partial charge is 0.384 e. The molecule has 0 bridgehead atoms. The van der Waals surface area contributed by atoms with Gasteiger partial charge >= 0.3 is 0 Å². The first-order valence-corrected chi connectivity index (χ1v) is 7.49. The first kappa shape index (κ1) is 12.8. The van der Waals surface area contributed by atoms with Gasteiger partial charge in [0.2, 0.25) is 0 Å². The SMILES string of the molecule is Cc1nc(C2CCCSC2)c(N)n1C(C)(C)C. The van der Waals surface area contributed by atoms with E-state index >= 15 is 0 Å². The Balaban J connectivity index is 2.36. The molecule has 0 radical (unpaired) electrons. The van der Waals surface area contributed by atoms with E-state index in [4.69, 9.17) is 10.7 Å². The van der Waals surface area contributed by atoms with Gasteiger partial charge in [-0.1, -0.05) is 0 Å². The predicted octanol–water partition coefficient (Wildman–Crippen LogP) is 3.14. The molecule has 0 saturated carbocycles. The Morgan fingerprint density at radius 2 is 2.12 bits per heavy atom. The standard InChI is InChI=1S/C13H23N3S/c1-9-15-11(10-6-5-7-17-8-10)12(14)16(9)13(2,3)4/h10H,5-8,14H2,1-4H3. The van der Waals surface area contributed by atoms with Crippen LogP contribution in [0.3, 0.4) is 0 Å². The summed E-state index contributed by atoms with van der Waals surface area (Å²) in [4.78, 5) is 4.72. The highest BCUT2D eigenvalue weighted by Crippen LogP contribution is 2.35. The summed E-state index contributed by atoms with van der Waals surface area (Å²) in [5.41, 5.74) is 7.46. The maximum Gasteiger partial charge on any atom is 0.127 e. The molecular weight excluding hydrogens is 230 g/mol. The molecule has 1 aliphatic rings. The van der Waals surface area contributed by atoms with Crippen LogP contribution >= 0.6 is 11.8 Å². The second-order valence-corrected chi connectivity index (χ2v) is 7.00. The molecule has 1 atom stereocenters. The summed E-state index contributed by atoms with van der Waals surface area (Å²) >= 11 is 2.02. The minimum atomic E-state index is 0.0151. The molecular formula is C13H23N3S. The van der Waals surface area contributed by atoms with Gasteiger partial charge in [-0.05, 0) is 46.3 Å². The molecule has 3 nitrogen and oxygen atoms in total. The third-order valence-corrected chi connectivity index (χ3v) is 4.54. The number of hydrogen-bond acceptors (Lipinski definition) is 3. The van der Waals surface area contributed by atoms with Crippen LogP contribution in [0.1, 0.15) is 51.0 Å². The third-order valence-electron chi connectivity index (χ3n) is 3.33. The molecule has 1 unspecified atom stereocenters. The summed E-state index contributed by atoms with van der Waals surface area (Å²) in [5.74, 6) is 4.93. The van der Waals surface area contributed by atoms with Gasteiger partial charge in [-0.2, -0.15) is 11.8 Å². The summed E-state index contributed by atoms with van der Waals surface area (Å²) in [6.45, 7) is 8.59. The van der Waals surface area contributed by atoms with Gasteiger partial charge in [-0.3, -0.25) is 0 Å². The molecule has 0 aromatic carbocycles. The van der Waals surface area contributed by atoms with Crippen LogP contribution in [-0.2, 0) is 5.54 Å². The van der Waals surface area contributed by atoms with Crippen molar-refractivity contribution in [2.75, 3.05) is 17.2 Å². The van der Waals surface area contributed by atoms with E-state index in [1.165, 1.54) is 24.3 Å². The van der Waals surface area contributed by atoms with Crippen LogP contribution in [0.4, 0.5) is 5.82 Å². The Morgan fingerprint density at radius 1 is 1.41 bits per heavy atom. The van der Waals surface area contributed by atoms with E-state index in [0.29, 0.717) is 5.92 Å². The highest BCUT2D eigenvalue weighted by Gasteiger charge is 2.27. The number of aryl methyl sites for hydroxylation is 1. The molecule has 1 fully saturated rings. The van der Waals surface area contributed by atoms with Crippen molar-refractivity contribution in [2.24, 2.45) is 0 Å². The first-order chi connectivity index (χ1) is 7.91. The predicted molar refractivity (Wildman–Crippen MR) is 75.7 cm³/mol. The van der Waals surface area contributed by atoms with Gasteiger partial charge in [0.05, 0.1) is 5.69 Å². The van der Waals surface area contributed by atoms with Crippen molar-refractivity contribution in [3.8, 4) is 0 Å². The van der Waals surface area contributed by atoms with Crippen LogP contribution in [0.5, 0.6) is 0 Å². The van der Waals surface area contributed by atoms with Crippen molar-refractivity contribution < 1.29 is 0 Å². The number of nitrogen functional groups attached to an aromatic ring is 1. The summed E-state index contributed by atoms with van der Waals surface area (Å²) in [6.07, 6.45) is 2.52. The molecule has 4 heteroatoms. The van der Waals surface area contributed by atoms with Gasteiger partial charge < -0.3 is 10.3 Å². The summed E-state index contributed by atoms with van der Waals surface area (Å²) < 4.78 is 2.17. The first-order valence-electron chi connectivity index (χ1n) is 6.34. The summed E-state index contributed by atoms with van der Waals surface area (Å²) in [6, 6.07) is 0. The monoisotopic (exact) mass is 253 g/mol. The topological polar surface area (TPSA) is 43.8 Å². The zero-order valence-electron chi connectivity index (χ0n) is 11.3. The normalized spacial score (nSPS) is 21.8. The second-order valence-electron chi connectivity index (χ2n) is 5.85. The van der Waals surface area contributed by atoms with E-state index < -0.39 is 0 Å². The van der Waals surface area contributed by atoms with Crippen LogP contribution in [0.25, 0.3) is 0 Å². The molecule has 1 aliphatic heterocycles. The molecule has 0 amide bonds. The van der Waals surface area contributed by atoms with Crippen LogP contribution < -0.4 is 5.73 Å². The zero-order chi connectivity index (χ0) is 12.6. The van der Waals surface area contributed by atoms with E-state index in [1.54, 1.807) is 0 Å². The Kier molecular flexibility index (Phi) is 3.43. The second kappa shape index (κ2) is 4.56. The van der Waals surface area contributed by atoms with Crippen molar-refractivity contribution in [1.29, 1.82) is 0 Å². The number of imidazole rings is 1. The lowest BCUT2D eigenvalue weighted by Crippen LogP contribution is -2.25. The third kappa shape index (κ3) is 2.46. The molecule has 1 saturated heterocycles. The van der Waals surface area contributed by atoms with Crippen molar-refractivity contribution in [3.05, 3.63) is 11.5 Å². The quantitative estimate of drug-likeness (QED) is 0.836. The fourth-order valence-corrected chi connectivity index (χ4v) is 3.82. The maximum atomic E-state index is 6.31. The van der Waals surface area contributed by atoms with E-state index in [9.17, 15) is 0 Å². The number of nitrogens with two attached hydrogens (primary N) is 1. The lowest BCUT2D eigenvalue weighted by Gasteiger charge is -2.25. The molecule has 0 aliphatic carbocycles. The molecule has 2 heterocycles. The molecule has 17 heavy (non-hydrogen) atoms. The number of anilines is 1. The number of rotatable bonds is 1. The zero-order valence-corrected chi connectivity index (χ0v) is 12.1. The van der Waals surface area contributed by atoms with Crippen molar-refractivity contribution in [2.45, 2.75) is 52.0 Å². The van der Waals surface area contributed by atoms with Crippen LogP contribution in [-0.4, -0.2) is 21.1 Å². The maximum absolute atomic E-state index is 6.31. The highest BCUT2D eigenvalue weighted by atomic mass is 32.2. The Hall–Kier alpha value is -0.640. The Labute approximate surface area is 108 Å². The summed E-state index contributed by atoms with van der Waals surface area (Å²) in [7, 11) is 0. The number of aromatic nitrogens is 2. The molecule has 96 valence electrons. The fourth-order valence-electron chi connectivity index (χ4n) is 2.67. The molecule has 2 rings (SSSR count). The van der Waals surface area contributed by atoms with E-state index in [0.717, 1.165) is 17.3 Å². The summed E-state index contributed by atoms with van der Waals surface area (Å²) in [5, 5.41) is 0. The minimum Gasteiger partial charge on any atom is -0.384 e. The molecule has 1 aromatic rings. The van der Waals surface area contributed by atoms with E-state index in [-0.39, 0.29) is 5.54 Å². The van der Waals surface area contributed by atoms with Gasteiger partial charge in [0.15, 0.2) is 0 Å². The average molecular weight is 253 g/mol. The highest BCUT2D eigenvalue weighted by molar-refractivity contribution is 7.99. The minimum absolute atomic E-state index is 0.0151. The smallest absolute Gasteiger partial charge is 0.127 e. The van der Waals surface area contributed by atoms with Gasteiger partial charge in [0, 0.05) is 17.2 Å². The van der Waals surface area contributed by atoms with Gasteiger partial charge in [-0.15, -0.1) is 0 Å². The average Bonchev–Trinajstić information content (AvgIpc) is 2.54. The van der Waals surface area contributed by atoms with E-state index in [1.807, 2.05) is 11.8 Å². The molecule has 2 N–H and O–H groups in total. The Bertz CT molecular complexity index is 398. The molecule has 0 spiro atoms. The molecule has 1 aromatic heterocycles. The number of hydrogen-bond donors (Lipinski definition) is 1. The van der Waals surface area contributed by atoms with Gasteiger partial charge in [0.1, 0.15) is 11.6 Å². The van der Waals surface area contributed by atoms with Gasteiger partial charge in [-0.25, -0.2) is 4.98 Å². The van der Waals surface area contributed by atoms with Crippen molar-refractivity contribution in [3.63, 3.8) is 0 Å². The Morgan fingerprint density at radius 3 is 2.59 bits per heavy atom. The lowest BCUT2D eigenvalue weighted by atomic mass is 10.0. The van der Waals surface area contributed by atoms with Crippen LogP contribution in [0.2, 0.25) is 0 Å². The van der Waals surface area contributed by atoms with Gasteiger partial charge in [0.25, 0.3) is 0 Å². The van der Waals surface area contributed by atoms with Crippen LogP contribution in [0.15, 0.2) is 0 Å². The van der Waals surface area contributed by atoms with Crippen molar-refractivity contribution >= 4 is 17.6 Å². The fraction of sp³-hybridized carbons (Fsp3) is 0.769. The number of thioether (sulfide) groups is 1. The number of nitrogens with zero attached hydrogens (tertiary/aromatic N) is 2. The van der Waals surface area contributed by atoms with E-state index in [2.05, 4.69) is 32.3 Å². The van der Waals surface area contributed by atoms with Crippen LogP contribution in [0, 0.1) is 6.92 Å².